The summed E-state index contributed by atoms with van der Waals surface area (Å²) >= 11 is 6.03. The summed E-state index contributed by atoms with van der Waals surface area (Å²) in [7, 11) is 0. The van der Waals surface area contributed by atoms with Crippen LogP contribution in [0.15, 0.2) is 24.3 Å². The molecule has 2 aromatic rings. The number of nitrogens with zero attached hydrogens (tertiary/aromatic N) is 1. The molecule has 0 saturated carbocycles. The number of aromatic nitrogens is 1. The first-order valence-electron chi connectivity index (χ1n) is 10.2. The number of fused-ring (bicyclic) bond motifs is 1. The molecule has 1 aromatic heterocycles. The number of nitrogens with one attached hydrogen (secondary N) is 2. The summed E-state index contributed by atoms with van der Waals surface area (Å²) in [6, 6.07) is 7.42. The minimum Gasteiger partial charge on any atom is -0.356 e. The van der Waals surface area contributed by atoms with Gasteiger partial charge in [-0.1, -0.05) is 32.4 Å². The first-order chi connectivity index (χ1) is 13.3. The van der Waals surface area contributed by atoms with Crippen LogP contribution in [0.3, 0.4) is 0 Å². The number of H-pyrrole nitrogens is 1. The standard InChI is InChI=1S/C22H30ClN3O2/c1-14(2)6-9-24-21(27)15(3)16-7-10-26(11-8-16)22(28)20-13-17-12-18(23)4-5-19(17)25-20/h4-5,12-16,25H,6-11H2,1-3H3,(H,24,27)/t15-/m1/s1. The van der Waals surface area contributed by atoms with Gasteiger partial charge in [-0.2, -0.15) is 0 Å². The molecule has 152 valence electrons. The second kappa shape index (κ2) is 8.99. The van der Waals surface area contributed by atoms with Crippen LogP contribution < -0.4 is 5.32 Å². The van der Waals surface area contributed by atoms with Crippen LogP contribution in [0.4, 0.5) is 0 Å². The van der Waals surface area contributed by atoms with Crippen molar-refractivity contribution in [2.24, 2.45) is 17.8 Å². The zero-order chi connectivity index (χ0) is 20.3. The molecule has 0 aliphatic carbocycles. The van der Waals surface area contributed by atoms with Crippen LogP contribution in [0.2, 0.25) is 5.02 Å². The summed E-state index contributed by atoms with van der Waals surface area (Å²) in [6.45, 7) is 8.43. The number of likely N-dealkylation sites (tertiary alicyclic amines) is 1. The number of piperidine rings is 1. The molecule has 2 amide bonds. The summed E-state index contributed by atoms with van der Waals surface area (Å²) in [5.74, 6) is 1.05. The van der Waals surface area contributed by atoms with Gasteiger partial charge in [-0.05, 0) is 55.4 Å². The largest absolute Gasteiger partial charge is 0.356 e. The van der Waals surface area contributed by atoms with Crippen molar-refractivity contribution in [2.45, 2.75) is 40.0 Å². The van der Waals surface area contributed by atoms with E-state index in [-0.39, 0.29) is 17.7 Å². The van der Waals surface area contributed by atoms with E-state index in [9.17, 15) is 9.59 Å². The van der Waals surface area contributed by atoms with Crippen LogP contribution >= 0.6 is 11.6 Å². The maximum Gasteiger partial charge on any atom is 0.270 e. The molecule has 2 N–H and O–H groups in total. The maximum absolute atomic E-state index is 12.9. The van der Waals surface area contributed by atoms with Gasteiger partial charge in [0.2, 0.25) is 5.91 Å². The second-order valence-corrected chi connectivity index (χ2v) is 8.74. The third-order valence-corrected chi connectivity index (χ3v) is 6.02. The number of hydrogen-bond donors (Lipinski definition) is 2. The highest BCUT2D eigenvalue weighted by molar-refractivity contribution is 6.31. The highest BCUT2D eigenvalue weighted by Crippen LogP contribution is 2.27. The quantitative estimate of drug-likeness (QED) is 0.747. The number of carbonyl (C=O) groups excluding carboxylic acids is 2. The SMILES string of the molecule is CC(C)CCNC(=O)[C@H](C)C1CCN(C(=O)c2cc3cc(Cl)ccc3[nH]2)CC1. The maximum atomic E-state index is 12.9. The number of rotatable bonds is 6. The third-order valence-electron chi connectivity index (χ3n) is 5.78. The summed E-state index contributed by atoms with van der Waals surface area (Å²) < 4.78 is 0. The normalized spacial score (nSPS) is 16.5. The van der Waals surface area contributed by atoms with Crippen LogP contribution in [-0.4, -0.2) is 41.3 Å². The fourth-order valence-electron chi connectivity index (χ4n) is 3.85. The first kappa shape index (κ1) is 20.7. The van der Waals surface area contributed by atoms with Gasteiger partial charge in [0.1, 0.15) is 5.69 Å². The van der Waals surface area contributed by atoms with E-state index in [1.54, 1.807) is 0 Å². The Morgan fingerprint density at radius 3 is 2.61 bits per heavy atom. The van der Waals surface area contributed by atoms with Crippen LogP contribution in [0.5, 0.6) is 0 Å². The molecule has 1 aliphatic rings. The van der Waals surface area contributed by atoms with Gasteiger partial charge in [-0.15, -0.1) is 0 Å². The van der Waals surface area contributed by atoms with Crippen LogP contribution in [0.25, 0.3) is 10.9 Å². The third kappa shape index (κ3) is 4.88. The molecule has 1 atom stereocenters. The van der Waals surface area contributed by atoms with Gasteiger partial charge in [0.25, 0.3) is 5.91 Å². The minimum absolute atomic E-state index is 0.0137. The molecule has 2 heterocycles. The van der Waals surface area contributed by atoms with Crippen LogP contribution in [0.1, 0.15) is 50.5 Å². The lowest BCUT2D eigenvalue weighted by Gasteiger charge is -2.34. The Morgan fingerprint density at radius 2 is 1.93 bits per heavy atom. The Bertz CT molecular complexity index is 837. The monoisotopic (exact) mass is 403 g/mol. The lowest BCUT2D eigenvalue weighted by Crippen LogP contribution is -2.43. The van der Waals surface area contributed by atoms with Crippen molar-refractivity contribution in [3.8, 4) is 0 Å². The minimum atomic E-state index is -0.0142. The molecular weight excluding hydrogens is 374 g/mol. The number of amides is 2. The molecule has 1 fully saturated rings. The Kier molecular flexibility index (Phi) is 6.65. The Morgan fingerprint density at radius 1 is 1.21 bits per heavy atom. The first-order valence-corrected chi connectivity index (χ1v) is 10.6. The van der Waals surface area contributed by atoms with E-state index in [1.165, 1.54) is 0 Å². The Labute approximate surface area is 171 Å². The molecule has 1 aliphatic heterocycles. The molecule has 6 heteroatoms. The molecule has 3 rings (SSSR count). The van der Waals surface area contributed by atoms with Gasteiger partial charge >= 0.3 is 0 Å². The van der Waals surface area contributed by atoms with E-state index in [1.807, 2.05) is 36.1 Å². The molecule has 1 saturated heterocycles. The second-order valence-electron chi connectivity index (χ2n) is 8.31. The molecule has 0 bridgehead atoms. The van der Waals surface area contributed by atoms with Gasteiger partial charge < -0.3 is 15.2 Å². The van der Waals surface area contributed by atoms with E-state index in [4.69, 9.17) is 11.6 Å². The number of hydrogen-bond acceptors (Lipinski definition) is 2. The van der Waals surface area contributed by atoms with E-state index >= 15 is 0 Å². The summed E-state index contributed by atoms with van der Waals surface area (Å²) in [5.41, 5.74) is 1.50. The van der Waals surface area contributed by atoms with Crippen molar-refractivity contribution in [3.63, 3.8) is 0 Å². The van der Waals surface area contributed by atoms with Crippen LogP contribution in [-0.2, 0) is 4.79 Å². The lowest BCUT2D eigenvalue weighted by atomic mass is 9.84. The van der Waals surface area contributed by atoms with E-state index < -0.39 is 0 Å². The fourth-order valence-corrected chi connectivity index (χ4v) is 4.03. The molecule has 0 spiro atoms. The molecular formula is C22H30ClN3O2. The zero-order valence-electron chi connectivity index (χ0n) is 16.9. The van der Waals surface area contributed by atoms with Gasteiger partial charge in [-0.25, -0.2) is 0 Å². The van der Waals surface area contributed by atoms with Gasteiger partial charge in [0, 0.05) is 41.5 Å². The Balaban J connectivity index is 1.53. The summed E-state index contributed by atoms with van der Waals surface area (Å²) in [5, 5.41) is 4.66. The number of aromatic amines is 1. The van der Waals surface area contributed by atoms with Gasteiger partial charge in [0.15, 0.2) is 0 Å². The van der Waals surface area contributed by atoms with Crippen molar-refractivity contribution < 1.29 is 9.59 Å². The van der Waals surface area contributed by atoms with Crippen molar-refractivity contribution in [2.75, 3.05) is 19.6 Å². The lowest BCUT2D eigenvalue weighted by molar-refractivity contribution is -0.126. The fraction of sp³-hybridized carbons (Fsp3) is 0.545. The van der Waals surface area contributed by atoms with Crippen molar-refractivity contribution in [1.29, 1.82) is 0 Å². The Hall–Kier alpha value is -2.01. The highest BCUT2D eigenvalue weighted by atomic mass is 35.5. The van der Waals surface area contributed by atoms with Gasteiger partial charge in [-0.3, -0.25) is 9.59 Å². The number of carbonyl (C=O) groups is 2. The van der Waals surface area contributed by atoms with Crippen LogP contribution in [0, 0.1) is 17.8 Å². The summed E-state index contributed by atoms with van der Waals surface area (Å²) in [6.07, 6.45) is 2.72. The number of benzene rings is 1. The molecule has 1 aromatic carbocycles. The predicted octanol–water partition coefficient (Wildman–Crippen LogP) is 4.47. The molecule has 28 heavy (non-hydrogen) atoms. The average molecular weight is 404 g/mol. The van der Waals surface area contributed by atoms with Crippen molar-refractivity contribution >= 4 is 34.3 Å². The molecule has 5 nitrogen and oxygen atoms in total. The smallest absolute Gasteiger partial charge is 0.270 e. The van der Waals surface area contributed by atoms with E-state index in [0.29, 0.717) is 35.6 Å². The highest BCUT2D eigenvalue weighted by Gasteiger charge is 2.30. The van der Waals surface area contributed by atoms with Crippen molar-refractivity contribution in [3.05, 3.63) is 35.0 Å². The zero-order valence-corrected chi connectivity index (χ0v) is 17.7. The van der Waals surface area contributed by atoms with Gasteiger partial charge in [0.05, 0.1) is 0 Å². The number of halogens is 1. The molecule has 0 radical (unpaired) electrons. The average Bonchev–Trinajstić information content (AvgIpc) is 3.09. The molecule has 0 unspecified atom stereocenters. The van der Waals surface area contributed by atoms with E-state index in [0.717, 1.165) is 36.7 Å². The predicted molar refractivity (Wildman–Crippen MR) is 114 cm³/mol. The van der Waals surface area contributed by atoms with Crippen molar-refractivity contribution in [1.82, 2.24) is 15.2 Å². The summed E-state index contributed by atoms with van der Waals surface area (Å²) in [4.78, 5) is 30.3. The topological polar surface area (TPSA) is 65.2 Å². The van der Waals surface area contributed by atoms with E-state index in [2.05, 4.69) is 24.1 Å².